The Hall–Kier alpha value is -1.62. The number of nitrogens with zero attached hydrogens (tertiary/aromatic N) is 2. The van der Waals surface area contributed by atoms with Crippen LogP contribution in [0.1, 0.15) is 29.6 Å². The van der Waals surface area contributed by atoms with E-state index in [1.165, 1.54) is 18.2 Å². The summed E-state index contributed by atoms with van der Waals surface area (Å²) in [5.41, 5.74) is -0.218. The van der Waals surface area contributed by atoms with Gasteiger partial charge in [0.25, 0.3) is 11.6 Å². The Balaban J connectivity index is 2.36. The number of hydrogen-bond acceptors (Lipinski definition) is 3. The molecule has 2 rings (SSSR count). The lowest BCUT2D eigenvalue weighted by molar-refractivity contribution is -0.385. The number of likely N-dealkylation sites (tertiary alicyclic amines) is 1. The highest BCUT2D eigenvalue weighted by atomic mass is 35.5. The van der Waals surface area contributed by atoms with Gasteiger partial charge in [-0.2, -0.15) is 0 Å². The molecule has 0 saturated carbocycles. The molecular weight excluding hydrogens is 256 g/mol. The van der Waals surface area contributed by atoms with Crippen molar-refractivity contribution in [2.75, 3.05) is 13.1 Å². The summed E-state index contributed by atoms with van der Waals surface area (Å²) in [7, 11) is 0. The minimum Gasteiger partial charge on any atom is -0.338 e. The number of nitro benzene ring substituents is 1. The summed E-state index contributed by atoms with van der Waals surface area (Å²) in [5, 5.41) is 11.1. The van der Waals surface area contributed by atoms with Gasteiger partial charge in [-0.3, -0.25) is 14.9 Å². The lowest BCUT2D eigenvalue weighted by Gasteiger charge is -2.26. The number of piperidine rings is 1. The van der Waals surface area contributed by atoms with Crippen molar-refractivity contribution in [3.05, 3.63) is 38.9 Å². The molecule has 5 nitrogen and oxygen atoms in total. The van der Waals surface area contributed by atoms with Crippen LogP contribution in [0.25, 0.3) is 0 Å². The predicted molar refractivity (Wildman–Crippen MR) is 67.9 cm³/mol. The molecule has 0 radical (unpaired) electrons. The molecule has 18 heavy (non-hydrogen) atoms. The molecule has 1 aromatic carbocycles. The SMILES string of the molecule is O=C(c1c(Cl)cccc1[N+](=O)[O-])N1CCCCC1. The summed E-state index contributed by atoms with van der Waals surface area (Å²) < 4.78 is 0. The predicted octanol–water partition coefficient (Wildman–Crippen LogP) is 2.87. The van der Waals surface area contributed by atoms with Gasteiger partial charge in [-0.05, 0) is 25.3 Å². The van der Waals surface area contributed by atoms with E-state index >= 15 is 0 Å². The smallest absolute Gasteiger partial charge is 0.283 e. The van der Waals surface area contributed by atoms with Crippen molar-refractivity contribution in [2.24, 2.45) is 0 Å². The molecule has 1 amide bonds. The van der Waals surface area contributed by atoms with Crippen molar-refractivity contribution >= 4 is 23.2 Å². The summed E-state index contributed by atoms with van der Waals surface area (Å²) in [5.74, 6) is -0.341. The highest BCUT2D eigenvalue weighted by molar-refractivity contribution is 6.34. The largest absolute Gasteiger partial charge is 0.338 e. The monoisotopic (exact) mass is 268 g/mol. The Bertz CT molecular complexity index is 484. The number of carbonyl (C=O) groups is 1. The number of nitro groups is 1. The van der Waals surface area contributed by atoms with Crippen molar-refractivity contribution in [1.82, 2.24) is 4.90 Å². The zero-order valence-electron chi connectivity index (χ0n) is 9.76. The van der Waals surface area contributed by atoms with Crippen LogP contribution in [0.4, 0.5) is 5.69 Å². The fraction of sp³-hybridized carbons (Fsp3) is 0.417. The number of hydrogen-bond donors (Lipinski definition) is 0. The third kappa shape index (κ3) is 2.46. The molecule has 1 saturated heterocycles. The molecule has 0 spiro atoms. The third-order valence-electron chi connectivity index (χ3n) is 3.05. The van der Waals surface area contributed by atoms with Crippen LogP contribution in [0.3, 0.4) is 0 Å². The molecule has 96 valence electrons. The minimum atomic E-state index is -0.566. The van der Waals surface area contributed by atoms with E-state index in [4.69, 9.17) is 11.6 Å². The molecule has 1 aliphatic heterocycles. The van der Waals surface area contributed by atoms with Gasteiger partial charge in [-0.15, -0.1) is 0 Å². The Morgan fingerprint density at radius 2 is 1.94 bits per heavy atom. The van der Waals surface area contributed by atoms with E-state index in [1.54, 1.807) is 4.90 Å². The van der Waals surface area contributed by atoms with Crippen molar-refractivity contribution in [1.29, 1.82) is 0 Å². The van der Waals surface area contributed by atoms with Gasteiger partial charge in [0.2, 0.25) is 0 Å². The van der Waals surface area contributed by atoms with Gasteiger partial charge in [0.15, 0.2) is 0 Å². The van der Waals surface area contributed by atoms with E-state index in [0.29, 0.717) is 13.1 Å². The zero-order chi connectivity index (χ0) is 13.1. The Kier molecular flexibility index (Phi) is 3.81. The Labute approximate surface area is 109 Å². The molecule has 0 aliphatic carbocycles. The van der Waals surface area contributed by atoms with E-state index in [9.17, 15) is 14.9 Å². The van der Waals surface area contributed by atoms with Gasteiger partial charge < -0.3 is 4.90 Å². The average Bonchev–Trinajstić information content (AvgIpc) is 2.38. The van der Waals surface area contributed by atoms with Crippen LogP contribution in [0, 0.1) is 10.1 Å². The second-order valence-electron chi connectivity index (χ2n) is 4.24. The fourth-order valence-electron chi connectivity index (χ4n) is 2.13. The van der Waals surface area contributed by atoms with Crippen LogP contribution >= 0.6 is 11.6 Å². The average molecular weight is 269 g/mol. The summed E-state index contributed by atoms with van der Waals surface area (Å²) in [6.45, 7) is 1.28. The number of amides is 1. The molecule has 0 bridgehead atoms. The first kappa shape index (κ1) is 12.8. The maximum atomic E-state index is 12.3. The lowest BCUT2D eigenvalue weighted by atomic mass is 10.1. The number of halogens is 1. The first-order valence-electron chi connectivity index (χ1n) is 5.83. The normalized spacial score (nSPS) is 15.5. The number of rotatable bonds is 2. The molecule has 0 aromatic heterocycles. The summed E-state index contributed by atoms with van der Waals surface area (Å²) in [6.07, 6.45) is 2.96. The van der Waals surface area contributed by atoms with Crippen LogP contribution in [0.2, 0.25) is 5.02 Å². The Morgan fingerprint density at radius 1 is 1.28 bits per heavy atom. The summed E-state index contributed by atoms with van der Waals surface area (Å²) >= 11 is 5.94. The van der Waals surface area contributed by atoms with Crippen molar-refractivity contribution in [2.45, 2.75) is 19.3 Å². The first-order chi connectivity index (χ1) is 8.61. The molecule has 0 atom stereocenters. The molecule has 0 N–H and O–H groups in total. The van der Waals surface area contributed by atoms with Gasteiger partial charge in [-0.1, -0.05) is 17.7 Å². The van der Waals surface area contributed by atoms with E-state index in [1.807, 2.05) is 0 Å². The van der Waals surface area contributed by atoms with Crippen molar-refractivity contribution < 1.29 is 9.72 Å². The molecule has 1 heterocycles. The molecule has 1 fully saturated rings. The highest BCUT2D eigenvalue weighted by Crippen LogP contribution is 2.28. The first-order valence-corrected chi connectivity index (χ1v) is 6.21. The van der Waals surface area contributed by atoms with Crippen molar-refractivity contribution in [3.63, 3.8) is 0 Å². The maximum absolute atomic E-state index is 12.3. The Morgan fingerprint density at radius 3 is 2.56 bits per heavy atom. The molecular formula is C12H13ClN2O3. The van der Waals surface area contributed by atoms with Gasteiger partial charge in [0, 0.05) is 19.2 Å². The van der Waals surface area contributed by atoms with Crippen LogP contribution in [-0.2, 0) is 0 Å². The van der Waals surface area contributed by atoms with E-state index in [-0.39, 0.29) is 22.2 Å². The van der Waals surface area contributed by atoms with E-state index in [0.717, 1.165) is 19.3 Å². The quantitative estimate of drug-likeness (QED) is 0.612. The highest BCUT2D eigenvalue weighted by Gasteiger charge is 2.27. The van der Waals surface area contributed by atoms with Crippen LogP contribution in [0.5, 0.6) is 0 Å². The lowest BCUT2D eigenvalue weighted by Crippen LogP contribution is -2.36. The summed E-state index contributed by atoms with van der Waals surface area (Å²) in [4.78, 5) is 24.3. The second-order valence-corrected chi connectivity index (χ2v) is 4.65. The van der Waals surface area contributed by atoms with Gasteiger partial charge in [0.1, 0.15) is 5.56 Å². The standard InChI is InChI=1S/C12H13ClN2O3/c13-9-5-4-6-10(15(17)18)11(9)12(16)14-7-2-1-3-8-14/h4-6H,1-3,7-8H2. The van der Waals surface area contributed by atoms with Gasteiger partial charge in [-0.25, -0.2) is 0 Å². The number of benzene rings is 1. The second kappa shape index (κ2) is 5.35. The molecule has 6 heteroatoms. The van der Waals surface area contributed by atoms with Gasteiger partial charge in [0.05, 0.1) is 9.95 Å². The molecule has 1 aliphatic rings. The van der Waals surface area contributed by atoms with E-state index in [2.05, 4.69) is 0 Å². The summed E-state index contributed by atoms with van der Waals surface area (Å²) in [6, 6.07) is 4.29. The number of carbonyl (C=O) groups excluding carboxylic acids is 1. The molecule has 1 aromatic rings. The zero-order valence-corrected chi connectivity index (χ0v) is 10.5. The van der Waals surface area contributed by atoms with E-state index < -0.39 is 4.92 Å². The maximum Gasteiger partial charge on any atom is 0.283 e. The van der Waals surface area contributed by atoms with Crippen molar-refractivity contribution in [3.8, 4) is 0 Å². The van der Waals surface area contributed by atoms with Gasteiger partial charge >= 0.3 is 0 Å². The van der Waals surface area contributed by atoms with Crippen LogP contribution in [-0.4, -0.2) is 28.8 Å². The topological polar surface area (TPSA) is 63.4 Å². The minimum absolute atomic E-state index is 0.00562. The third-order valence-corrected chi connectivity index (χ3v) is 3.36. The van der Waals surface area contributed by atoms with Crippen LogP contribution < -0.4 is 0 Å². The fourth-order valence-corrected chi connectivity index (χ4v) is 2.38. The van der Waals surface area contributed by atoms with Crippen LogP contribution in [0.15, 0.2) is 18.2 Å². The molecule has 0 unspecified atom stereocenters.